The summed E-state index contributed by atoms with van der Waals surface area (Å²) >= 11 is 0. The minimum absolute atomic E-state index is 0.0694. The van der Waals surface area contributed by atoms with Crippen molar-refractivity contribution in [3.8, 4) is 0 Å². The Morgan fingerprint density at radius 3 is 2.59 bits per heavy atom. The molecule has 0 aromatic heterocycles. The van der Waals surface area contributed by atoms with E-state index in [0.29, 0.717) is 0 Å². The molecule has 1 N–H and O–H groups in total. The molecule has 2 rings (SSSR count). The Morgan fingerprint density at radius 1 is 1.32 bits per heavy atom. The zero-order chi connectivity index (χ0) is 16.2. The molecule has 5 nitrogen and oxygen atoms in total. The number of hydrogen-bond donors (Lipinski definition) is 1. The fourth-order valence-corrected chi connectivity index (χ4v) is 2.62. The van der Waals surface area contributed by atoms with E-state index in [1.54, 1.807) is 7.11 Å². The monoisotopic (exact) mass is 306 g/mol. The summed E-state index contributed by atoms with van der Waals surface area (Å²) in [6, 6.07) is 10.2. The third-order valence-electron chi connectivity index (χ3n) is 3.61. The van der Waals surface area contributed by atoms with E-state index in [9.17, 15) is 4.79 Å². The minimum atomic E-state index is -0.492. The Balaban J connectivity index is 1.98. The molecule has 0 spiro atoms. The first kappa shape index (κ1) is 16.8. The number of carbonyl (C=O) groups is 1. The molecule has 1 amide bonds. The van der Waals surface area contributed by atoms with E-state index in [0.717, 1.165) is 19.5 Å². The zero-order valence-electron chi connectivity index (χ0n) is 13.8. The van der Waals surface area contributed by atoms with Crippen LogP contribution in [0.4, 0.5) is 4.79 Å². The lowest BCUT2D eigenvalue weighted by Crippen LogP contribution is -2.45. The molecule has 1 aromatic carbocycles. The van der Waals surface area contributed by atoms with Crippen molar-refractivity contribution in [1.29, 1.82) is 0 Å². The summed E-state index contributed by atoms with van der Waals surface area (Å²) in [4.78, 5) is 14.2. The highest BCUT2D eigenvalue weighted by Gasteiger charge is 2.34. The highest BCUT2D eigenvalue weighted by molar-refractivity contribution is 5.68. The van der Waals surface area contributed by atoms with E-state index in [4.69, 9.17) is 9.47 Å². The molecule has 0 saturated carbocycles. The van der Waals surface area contributed by atoms with Crippen LogP contribution >= 0.6 is 0 Å². The molecular weight excluding hydrogens is 280 g/mol. The van der Waals surface area contributed by atoms with E-state index in [1.165, 1.54) is 5.56 Å². The maximum atomic E-state index is 12.0. The second kappa shape index (κ2) is 7.11. The van der Waals surface area contributed by atoms with Crippen LogP contribution in [0.3, 0.4) is 0 Å². The van der Waals surface area contributed by atoms with Gasteiger partial charge in [-0.25, -0.2) is 4.79 Å². The Labute approximate surface area is 132 Å². The first-order valence-electron chi connectivity index (χ1n) is 7.67. The molecule has 0 bridgehead atoms. The summed E-state index contributed by atoms with van der Waals surface area (Å²) in [5.41, 5.74) is 0.725. The molecule has 0 radical (unpaired) electrons. The summed E-state index contributed by atoms with van der Waals surface area (Å²) in [5.74, 6) is 0. The van der Waals surface area contributed by atoms with Gasteiger partial charge in [-0.1, -0.05) is 30.3 Å². The highest BCUT2D eigenvalue weighted by atomic mass is 16.6. The highest BCUT2D eigenvalue weighted by Crippen LogP contribution is 2.21. The first-order valence-corrected chi connectivity index (χ1v) is 7.67. The number of amides is 1. The van der Waals surface area contributed by atoms with E-state index < -0.39 is 5.60 Å². The first-order chi connectivity index (χ1) is 10.4. The largest absolute Gasteiger partial charge is 0.444 e. The van der Waals surface area contributed by atoms with E-state index in [-0.39, 0.29) is 18.4 Å². The normalized spacial score (nSPS) is 22.5. The van der Waals surface area contributed by atoms with Crippen molar-refractivity contribution in [2.24, 2.45) is 0 Å². The number of nitrogens with zero attached hydrogens (tertiary/aromatic N) is 1. The van der Waals surface area contributed by atoms with Crippen LogP contribution in [0.5, 0.6) is 0 Å². The average molecular weight is 306 g/mol. The number of benzene rings is 1. The van der Waals surface area contributed by atoms with Crippen LogP contribution in [0.15, 0.2) is 30.3 Å². The molecule has 0 unspecified atom stereocenters. The molecule has 22 heavy (non-hydrogen) atoms. The lowest BCUT2D eigenvalue weighted by molar-refractivity contribution is 0.0444. The zero-order valence-corrected chi connectivity index (χ0v) is 13.8. The molecule has 1 aromatic rings. The van der Waals surface area contributed by atoms with Crippen LogP contribution in [-0.4, -0.2) is 42.5 Å². The van der Waals surface area contributed by atoms with Crippen LogP contribution in [0.25, 0.3) is 0 Å². The van der Waals surface area contributed by atoms with Gasteiger partial charge in [-0.05, 0) is 26.3 Å². The molecule has 2 atom stereocenters. The molecule has 1 heterocycles. The molecule has 1 aliphatic rings. The second-order valence-electron chi connectivity index (χ2n) is 6.67. The third kappa shape index (κ3) is 5.00. The van der Waals surface area contributed by atoms with Crippen molar-refractivity contribution in [1.82, 2.24) is 10.2 Å². The lowest BCUT2D eigenvalue weighted by atomic mass is 10.2. The molecule has 5 heteroatoms. The van der Waals surface area contributed by atoms with Crippen LogP contribution in [0.1, 0.15) is 32.8 Å². The van der Waals surface area contributed by atoms with Crippen molar-refractivity contribution < 1.29 is 14.3 Å². The number of likely N-dealkylation sites (tertiary alicyclic amines) is 1. The Bertz CT molecular complexity index is 484. The number of alkyl carbamates (subject to hydrolysis) is 1. The van der Waals surface area contributed by atoms with Crippen LogP contribution < -0.4 is 5.32 Å². The third-order valence-corrected chi connectivity index (χ3v) is 3.61. The van der Waals surface area contributed by atoms with Gasteiger partial charge in [0.15, 0.2) is 0 Å². The summed E-state index contributed by atoms with van der Waals surface area (Å²) in [6.45, 7) is 7.16. The van der Waals surface area contributed by atoms with Crippen molar-refractivity contribution >= 4 is 6.09 Å². The van der Waals surface area contributed by atoms with Gasteiger partial charge in [0, 0.05) is 26.6 Å². The minimum Gasteiger partial charge on any atom is -0.444 e. The van der Waals surface area contributed by atoms with E-state index >= 15 is 0 Å². The summed E-state index contributed by atoms with van der Waals surface area (Å²) in [5, 5.41) is 2.95. The fourth-order valence-electron chi connectivity index (χ4n) is 2.62. The van der Waals surface area contributed by atoms with Crippen LogP contribution in [0, 0.1) is 0 Å². The van der Waals surface area contributed by atoms with Gasteiger partial charge in [0.05, 0.1) is 12.3 Å². The Morgan fingerprint density at radius 2 is 2.00 bits per heavy atom. The summed E-state index contributed by atoms with van der Waals surface area (Å²) < 4.78 is 10.8. The summed E-state index contributed by atoms with van der Waals surface area (Å²) in [7, 11) is 1.71. The number of rotatable bonds is 4. The summed E-state index contributed by atoms with van der Waals surface area (Å²) in [6.07, 6.45) is 0.443. The average Bonchev–Trinajstić information content (AvgIpc) is 2.80. The van der Waals surface area contributed by atoms with Gasteiger partial charge < -0.3 is 14.8 Å². The van der Waals surface area contributed by atoms with Crippen LogP contribution in [-0.2, 0) is 16.0 Å². The molecule has 1 saturated heterocycles. The number of hydrogen-bond acceptors (Lipinski definition) is 4. The van der Waals surface area contributed by atoms with E-state index in [2.05, 4.69) is 22.3 Å². The lowest BCUT2D eigenvalue weighted by Gasteiger charge is -2.27. The molecule has 122 valence electrons. The molecule has 1 fully saturated rings. The molecule has 0 aliphatic carbocycles. The molecular formula is C17H26N2O3. The number of carbonyl (C=O) groups excluding carboxylic acids is 1. The van der Waals surface area contributed by atoms with Crippen LogP contribution in [0.2, 0.25) is 0 Å². The predicted molar refractivity (Wildman–Crippen MR) is 85.4 cm³/mol. The molecule has 1 aliphatic heterocycles. The topological polar surface area (TPSA) is 50.8 Å². The Hall–Kier alpha value is -1.59. The second-order valence-corrected chi connectivity index (χ2v) is 6.67. The van der Waals surface area contributed by atoms with Gasteiger partial charge in [-0.3, -0.25) is 4.90 Å². The van der Waals surface area contributed by atoms with Gasteiger partial charge in [0.1, 0.15) is 5.60 Å². The number of nitrogens with one attached hydrogen (secondary N) is 1. The maximum absolute atomic E-state index is 12.0. The Kier molecular flexibility index (Phi) is 5.42. The van der Waals surface area contributed by atoms with E-state index in [1.807, 2.05) is 39.0 Å². The van der Waals surface area contributed by atoms with Gasteiger partial charge >= 0.3 is 6.09 Å². The van der Waals surface area contributed by atoms with Gasteiger partial charge in [-0.2, -0.15) is 0 Å². The number of methoxy groups -OCH3 is 1. The van der Waals surface area contributed by atoms with Crippen molar-refractivity contribution in [2.45, 2.75) is 51.6 Å². The van der Waals surface area contributed by atoms with Gasteiger partial charge in [0.2, 0.25) is 0 Å². The van der Waals surface area contributed by atoms with Gasteiger partial charge in [-0.15, -0.1) is 0 Å². The SMILES string of the molecule is CO[C@@H]1C[C@@H](NC(=O)OC(C)(C)C)N(Cc2ccccc2)C1. The standard InChI is InChI=1S/C17H26N2O3/c1-17(2,3)22-16(20)18-15-10-14(21-4)12-19(15)11-13-8-6-5-7-9-13/h5-9,14-15H,10-12H2,1-4H3,(H,18,20)/t14-,15+/m1/s1. The quantitative estimate of drug-likeness (QED) is 0.929. The smallest absolute Gasteiger partial charge is 0.408 e. The van der Waals surface area contributed by atoms with Crippen molar-refractivity contribution in [3.63, 3.8) is 0 Å². The van der Waals surface area contributed by atoms with Gasteiger partial charge in [0.25, 0.3) is 0 Å². The van der Waals surface area contributed by atoms with Crippen molar-refractivity contribution in [3.05, 3.63) is 35.9 Å². The number of ether oxygens (including phenoxy) is 2. The maximum Gasteiger partial charge on any atom is 0.408 e. The predicted octanol–water partition coefficient (Wildman–Crippen LogP) is 2.76. The fraction of sp³-hybridized carbons (Fsp3) is 0.588. The van der Waals surface area contributed by atoms with Crippen molar-refractivity contribution in [2.75, 3.05) is 13.7 Å².